The van der Waals surface area contributed by atoms with Crippen molar-refractivity contribution in [3.8, 4) is 0 Å². The number of rotatable bonds is 6. The molecule has 1 amide bonds. The molecule has 0 spiro atoms. The van der Waals surface area contributed by atoms with Crippen LogP contribution in [0.3, 0.4) is 0 Å². The van der Waals surface area contributed by atoms with E-state index < -0.39 is 0 Å². The molecule has 0 bridgehead atoms. The lowest BCUT2D eigenvalue weighted by Gasteiger charge is -2.34. The van der Waals surface area contributed by atoms with Gasteiger partial charge < -0.3 is 10.1 Å². The molecule has 1 heterocycles. The van der Waals surface area contributed by atoms with Crippen LogP contribution >= 0.6 is 0 Å². The maximum absolute atomic E-state index is 11.4. The molecule has 1 rings (SSSR count). The molecule has 0 radical (unpaired) electrons. The van der Waals surface area contributed by atoms with E-state index in [1.807, 2.05) is 6.92 Å². The van der Waals surface area contributed by atoms with Gasteiger partial charge in [0.05, 0.1) is 13.2 Å². The molecule has 5 nitrogen and oxygen atoms in total. The zero-order valence-electron chi connectivity index (χ0n) is 10.4. The van der Waals surface area contributed by atoms with Crippen LogP contribution < -0.4 is 5.32 Å². The molecule has 0 atom stereocenters. The minimum Gasteiger partial charge on any atom is -0.383 e. The van der Waals surface area contributed by atoms with Crippen molar-refractivity contribution in [2.45, 2.75) is 6.92 Å². The minimum absolute atomic E-state index is 0.132. The van der Waals surface area contributed by atoms with Gasteiger partial charge in [0.15, 0.2) is 0 Å². The van der Waals surface area contributed by atoms with E-state index in [1.54, 1.807) is 7.11 Å². The molecule has 1 fully saturated rings. The SMILES string of the molecule is CCNC(=O)CN1CCN(CCOC)CC1. The summed E-state index contributed by atoms with van der Waals surface area (Å²) in [6, 6.07) is 0. The quantitative estimate of drug-likeness (QED) is 0.660. The zero-order chi connectivity index (χ0) is 11.8. The fourth-order valence-corrected chi connectivity index (χ4v) is 1.85. The molecule has 0 aliphatic carbocycles. The van der Waals surface area contributed by atoms with Crippen LogP contribution in [0, 0.1) is 0 Å². The molecule has 0 saturated carbocycles. The summed E-state index contributed by atoms with van der Waals surface area (Å²) in [5.74, 6) is 0.132. The average Bonchev–Trinajstić information content (AvgIpc) is 2.28. The van der Waals surface area contributed by atoms with E-state index in [0.717, 1.165) is 39.3 Å². The monoisotopic (exact) mass is 229 g/mol. The predicted octanol–water partition coefficient (Wildman–Crippen LogP) is -0.613. The number of amides is 1. The number of nitrogens with zero attached hydrogens (tertiary/aromatic N) is 2. The molecule has 1 aliphatic rings. The van der Waals surface area contributed by atoms with Crippen LogP contribution in [-0.2, 0) is 9.53 Å². The van der Waals surface area contributed by atoms with Crippen LogP contribution in [0.25, 0.3) is 0 Å². The zero-order valence-corrected chi connectivity index (χ0v) is 10.4. The van der Waals surface area contributed by atoms with Crippen LogP contribution in [0.4, 0.5) is 0 Å². The Hall–Kier alpha value is -0.650. The van der Waals surface area contributed by atoms with Crippen molar-refractivity contribution in [1.82, 2.24) is 15.1 Å². The van der Waals surface area contributed by atoms with Crippen LogP contribution in [0.2, 0.25) is 0 Å². The normalized spacial score (nSPS) is 18.6. The Labute approximate surface area is 97.7 Å². The lowest BCUT2D eigenvalue weighted by Crippen LogP contribution is -2.50. The van der Waals surface area contributed by atoms with Crippen molar-refractivity contribution in [2.24, 2.45) is 0 Å². The first-order valence-corrected chi connectivity index (χ1v) is 5.96. The summed E-state index contributed by atoms with van der Waals surface area (Å²) in [5.41, 5.74) is 0. The van der Waals surface area contributed by atoms with E-state index in [1.165, 1.54) is 0 Å². The Bertz CT molecular complexity index is 203. The van der Waals surface area contributed by atoms with Gasteiger partial charge in [-0.3, -0.25) is 14.6 Å². The lowest BCUT2D eigenvalue weighted by atomic mass is 10.3. The lowest BCUT2D eigenvalue weighted by molar-refractivity contribution is -0.122. The summed E-state index contributed by atoms with van der Waals surface area (Å²) in [6.45, 7) is 8.98. The second-order valence-corrected chi connectivity index (χ2v) is 4.06. The number of ether oxygens (including phenoxy) is 1. The summed E-state index contributed by atoms with van der Waals surface area (Å²) in [7, 11) is 1.73. The van der Waals surface area contributed by atoms with Crippen molar-refractivity contribution < 1.29 is 9.53 Å². The van der Waals surface area contributed by atoms with Crippen molar-refractivity contribution >= 4 is 5.91 Å². The fraction of sp³-hybridized carbons (Fsp3) is 0.909. The third-order valence-electron chi connectivity index (χ3n) is 2.82. The van der Waals surface area contributed by atoms with Gasteiger partial charge in [-0.15, -0.1) is 0 Å². The summed E-state index contributed by atoms with van der Waals surface area (Å²) in [4.78, 5) is 16.0. The maximum atomic E-state index is 11.4. The Kier molecular flexibility index (Phi) is 6.37. The number of likely N-dealkylation sites (N-methyl/N-ethyl adjacent to an activating group) is 1. The summed E-state index contributed by atoms with van der Waals surface area (Å²) in [5, 5.41) is 2.82. The molecule has 1 aliphatic heterocycles. The average molecular weight is 229 g/mol. The van der Waals surface area contributed by atoms with Crippen LogP contribution in [0.1, 0.15) is 6.92 Å². The Morgan fingerprint density at radius 3 is 2.44 bits per heavy atom. The second kappa shape index (κ2) is 7.60. The standard InChI is InChI=1S/C11H23N3O2/c1-3-12-11(15)10-14-6-4-13(5-7-14)8-9-16-2/h3-10H2,1-2H3,(H,12,15). The number of hydrogen-bond acceptors (Lipinski definition) is 4. The molecule has 1 N–H and O–H groups in total. The molecule has 0 aromatic heterocycles. The first-order chi connectivity index (χ1) is 7.76. The van der Waals surface area contributed by atoms with E-state index in [9.17, 15) is 4.79 Å². The number of piperazine rings is 1. The van der Waals surface area contributed by atoms with Gasteiger partial charge in [0, 0.05) is 46.4 Å². The van der Waals surface area contributed by atoms with Gasteiger partial charge in [0.2, 0.25) is 5.91 Å². The van der Waals surface area contributed by atoms with Gasteiger partial charge in [-0.25, -0.2) is 0 Å². The highest BCUT2D eigenvalue weighted by Crippen LogP contribution is 2.00. The van der Waals surface area contributed by atoms with Crippen LogP contribution in [0.5, 0.6) is 0 Å². The van der Waals surface area contributed by atoms with Crippen molar-refractivity contribution in [2.75, 3.05) is 59.5 Å². The van der Waals surface area contributed by atoms with Crippen molar-refractivity contribution in [3.05, 3.63) is 0 Å². The molecule has 0 aromatic rings. The van der Waals surface area contributed by atoms with Crippen molar-refractivity contribution in [1.29, 1.82) is 0 Å². The number of nitrogens with one attached hydrogen (secondary N) is 1. The first kappa shape index (κ1) is 13.4. The topological polar surface area (TPSA) is 44.8 Å². The molecule has 0 unspecified atom stereocenters. The molecule has 16 heavy (non-hydrogen) atoms. The molecule has 1 saturated heterocycles. The maximum Gasteiger partial charge on any atom is 0.234 e. The third kappa shape index (κ3) is 4.92. The highest BCUT2D eigenvalue weighted by molar-refractivity contribution is 5.77. The van der Waals surface area contributed by atoms with E-state index >= 15 is 0 Å². The minimum atomic E-state index is 0.132. The second-order valence-electron chi connectivity index (χ2n) is 4.06. The van der Waals surface area contributed by atoms with E-state index in [-0.39, 0.29) is 5.91 Å². The van der Waals surface area contributed by atoms with Crippen LogP contribution in [-0.4, -0.2) is 75.2 Å². The molecular weight excluding hydrogens is 206 g/mol. The number of carbonyl (C=O) groups is 1. The van der Waals surface area contributed by atoms with Gasteiger partial charge in [0.25, 0.3) is 0 Å². The van der Waals surface area contributed by atoms with Gasteiger partial charge >= 0.3 is 0 Å². The third-order valence-corrected chi connectivity index (χ3v) is 2.82. The smallest absolute Gasteiger partial charge is 0.234 e. The largest absolute Gasteiger partial charge is 0.383 e. The van der Waals surface area contributed by atoms with E-state index in [4.69, 9.17) is 4.74 Å². The number of methoxy groups -OCH3 is 1. The molecule has 0 aromatic carbocycles. The van der Waals surface area contributed by atoms with Gasteiger partial charge in [-0.05, 0) is 6.92 Å². The summed E-state index contributed by atoms with van der Waals surface area (Å²) >= 11 is 0. The first-order valence-electron chi connectivity index (χ1n) is 5.96. The Morgan fingerprint density at radius 1 is 1.25 bits per heavy atom. The highest BCUT2D eigenvalue weighted by Gasteiger charge is 2.17. The van der Waals surface area contributed by atoms with Crippen LogP contribution in [0.15, 0.2) is 0 Å². The summed E-state index contributed by atoms with van der Waals surface area (Å²) in [6.07, 6.45) is 0. The number of hydrogen-bond donors (Lipinski definition) is 1. The molecule has 5 heteroatoms. The van der Waals surface area contributed by atoms with Crippen molar-refractivity contribution in [3.63, 3.8) is 0 Å². The van der Waals surface area contributed by atoms with Gasteiger partial charge in [0.1, 0.15) is 0 Å². The van der Waals surface area contributed by atoms with Gasteiger partial charge in [-0.1, -0.05) is 0 Å². The fourth-order valence-electron chi connectivity index (χ4n) is 1.85. The molecular formula is C11H23N3O2. The Morgan fingerprint density at radius 2 is 1.88 bits per heavy atom. The summed E-state index contributed by atoms with van der Waals surface area (Å²) < 4.78 is 5.05. The highest BCUT2D eigenvalue weighted by atomic mass is 16.5. The predicted molar refractivity (Wildman–Crippen MR) is 63.4 cm³/mol. The number of carbonyl (C=O) groups excluding carboxylic acids is 1. The molecule has 94 valence electrons. The van der Waals surface area contributed by atoms with Gasteiger partial charge in [-0.2, -0.15) is 0 Å². The van der Waals surface area contributed by atoms with E-state index in [0.29, 0.717) is 13.1 Å². The Balaban J connectivity index is 2.14. The van der Waals surface area contributed by atoms with E-state index in [2.05, 4.69) is 15.1 Å².